The first-order chi connectivity index (χ1) is 3.62. The van der Waals surface area contributed by atoms with Crippen molar-refractivity contribution in [2.75, 3.05) is 0 Å². The van der Waals surface area contributed by atoms with E-state index in [1.165, 1.54) is 0 Å². The van der Waals surface area contributed by atoms with Crippen LogP contribution in [-0.2, 0) is 0 Å². The molecule has 0 aromatic carbocycles. The second kappa shape index (κ2) is 1.71. The molecular weight excluding hydrogens is 102 g/mol. The Bertz CT molecular complexity index is 86.5. The first kappa shape index (κ1) is 6.05. The second-order valence-electron chi connectivity index (χ2n) is 2.92. The minimum absolute atomic E-state index is 0.0220. The van der Waals surface area contributed by atoms with Crippen LogP contribution in [-0.4, -0.2) is 16.7 Å². The standard InChI is InChI=1S/C6H13NO/c1-5(8)4-6(7)2-3-6/h5,8H,2-4,7H2,1H3. The third-order valence-corrected chi connectivity index (χ3v) is 1.59. The van der Waals surface area contributed by atoms with Gasteiger partial charge in [0.05, 0.1) is 6.10 Å². The lowest BCUT2D eigenvalue weighted by molar-refractivity contribution is 0.171. The van der Waals surface area contributed by atoms with Gasteiger partial charge in [0.1, 0.15) is 0 Å². The van der Waals surface area contributed by atoms with Gasteiger partial charge < -0.3 is 10.8 Å². The Hall–Kier alpha value is -0.0800. The van der Waals surface area contributed by atoms with Gasteiger partial charge >= 0.3 is 0 Å². The molecule has 0 bridgehead atoms. The van der Waals surface area contributed by atoms with Gasteiger partial charge in [-0.15, -0.1) is 0 Å². The van der Waals surface area contributed by atoms with Crippen LogP contribution in [0.5, 0.6) is 0 Å². The summed E-state index contributed by atoms with van der Waals surface area (Å²) in [5.41, 5.74) is 5.71. The Morgan fingerprint density at radius 2 is 2.25 bits per heavy atom. The van der Waals surface area contributed by atoms with Crippen LogP contribution in [0, 0.1) is 0 Å². The first-order valence-corrected chi connectivity index (χ1v) is 3.09. The number of nitrogens with two attached hydrogens (primary N) is 1. The fourth-order valence-corrected chi connectivity index (χ4v) is 0.953. The van der Waals surface area contributed by atoms with Crippen molar-refractivity contribution in [1.82, 2.24) is 0 Å². The Morgan fingerprint density at radius 1 is 1.75 bits per heavy atom. The topological polar surface area (TPSA) is 46.2 Å². The van der Waals surface area contributed by atoms with Gasteiger partial charge in [0, 0.05) is 5.54 Å². The summed E-state index contributed by atoms with van der Waals surface area (Å²) >= 11 is 0. The number of aliphatic hydroxyl groups excluding tert-OH is 1. The third-order valence-electron chi connectivity index (χ3n) is 1.59. The highest BCUT2D eigenvalue weighted by atomic mass is 16.3. The molecule has 1 fully saturated rings. The van der Waals surface area contributed by atoms with Gasteiger partial charge in [-0.2, -0.15) is 0 Å². The number of hydrogen-bond donors (Lipinski definition) is 2. The minimum Gasteiger partial charge on any atom is -0.393 e. The maximum Gasteiger partial charge on any atom is 0.0529 e. The third kappa shape index (κ3) is 1.46. The van der Waals surface area contributed by atoms with Crippen LogP contribution in [0.15, 0.2) is 0 Å². The van der Waals surface area contributed by atoms with Crippen molar-refractivity contribution in [3.63, 3.8) is 0 Å². The quantitative estimate of drug-likeness (QED) is 0.542. The zero-order valence-corrected chi connectivity index (χ0v) is 5.22. The van der Waals surface area contributed by atoms with E-state index in [0.29, 0.717) is 0 Å². The van der Waals surface area contributed by atoms with E-state index in [0.717, 1.165) is 19.3 Å². The highest BCUT2D eigenvalue weighted by Gasteiger charge is 2.38. The molecule has 1 unspecified atom stereocenters. The van der Waals surface area contributed by atoms with Crippen molar-refractivity contribution in [3.8, 4) is 0 Å². The van der Waals surface area contributed by atoms with Crippen molar-refractivity contribution in [3.05, 3.63) is 0 Å². The fraction of sp³-hybridized carbons (Fsp3) is 1.00. The Balaban J connectivity index is 2.19. The van der Waals surface area contributed by atoms with Gasteiger partial charge in [-0.3, -0.25) is 0 Å². The van der Waals surface area contributed by atoms with Crippen molar-refractivity contribution in [1.29, 1.82) is 0 Å². The Morgan fingerprint density at radius 3 is 2.38 bits per heavy atom. The average molecular weight is 115 g/mol. The van der Waals surface area contributed by atoms with Gasteiger partial charge in [0.25, 0.3) is 0 Å². The van der Waals surface area contributed by atoms with Gasteiger partial charge in [-0.1, -0.05) is 0 Å². The maximum absolute atomic E-state index is 8.85. The SMILES string of the molecule is CC(O)CC1(N)CC1. The maximum atomic E-state index is 8.85. The lowest BCUT2D eigenvalue weighted by atomic mass is 10.1. The summed E-state index contributed by atoms with van der Waals surface area (Å²) in [6.45, 7) is 1.78. The molecule has 1 saturated carbocycles. The van der Waals surface area contributed by atoms with E-state index < -0.39 is 0 Å². The summed E-state index contributed by atoms with van der Waals surface area (Å²) in [6, 6.07) is 0. The molecule has 2 heteroatoms. The second-order valence-corrected chi connectivity index (χ2v) is 2.92. The smallest absolute Gasteiger partial charge is 0.0529 e. The largest absolute Gasteiger partial charge is 0.393 e. The van der Waals surface area contributed by atoms with E-state index in [4.69, 9.17) is 10.8 Å². The number of rotatable bonds is 2. The number of hydrogen-bond acceptors (Lipinski definition) is 2. The molecule has 1 aliphatic rings. The monoisotopic (exact) mass is 115 g/mol. The molecule has 0 spiro atoms. The van der Waals surface area contributed by atoms with Crippen LogP contribution in [0.2, 0.25) is 0 Å². The first-order valence-electron chi connectivity index (χ1n) is 3.09. The van der Waals surface area contributed by atoms with Gasteiger partial charge in [0.2, 0.25) is 0 Å². The summed E-state index contributed by atoms with van der Waals surface area (Å²) in [6.07, 6.45) is 2.74. The average Bonchev–Trinajstić information content (AvgIpc) is 2.17. The normalized spacial score (nSPS) is 27.4. The van der Waals surface area contributed by atoms with Gasteiger partial charge in [-0.05, 0) is 26.2 Å². The molecule has 0 aromatic heterocycles. The Labute approximate surface area is 49.7 Å². The number of aliphatic hydroxyl groups is 1. The molecule has 3 N–H and O–H groups in total. The van der Waals surface area contributed by atoms with Gasteiger partial charge in [0.15, 0.2) is 0 Å². The highest BCUT2D eigenvalue weighted by Crippen LogP contribution is 2.36. The van der Waals surface area contributed by atoms with Crippen LogP contribution >= 0.6 is 0 Å². The van der Waals surface area contributed by atoms with Crippen LogP contribution < -0.4 is 5.73 Å². The zero-order valence-electron chi connectivity index (χ0n) is 5.22. The Kier molecular flexibility index (Phi) is 1.29. The molecule has 1 aliphatic carbocycles. The molecule has 0 heterocycles. The van der Waals surface area contributed by atoms with E-state index in [2.05, 4.69) is 0 Å². The summed E-state index contributed by atoms with van der Waals surface area (Å²) in [7, 11) is 0. The lowest BCUT2D eigenvalue weighted by Gasteiger charge is -2.09. The highest BCUT2D eigenvalue weighted by molar-refractivity contribution is 4.99. The van der Waals surface area contributed by atoms with E-state index in [1.54, 1.807) is 6.92 Å². The minimum atomic E-state index is -0.220. The molecule has 0 amide bonds. The van der Waals surface area contributed by atoms with E-state index >= 15 is 0 Å². The predicted molar refractivity (Wildman–Crippen MR) is 32.5 cm³/mol. The van der Waals surface area contributed by atoms with E-state index in [-0.39, 0.29) is 11.6 Å². The summed E-state index contributed by atoms with van der Waals surface area (Å²) in [4.78, 5) is 0. The molecular formula is C6H13NO. The van der Waals surface area contributed by atoms with Crippen molar-refractivity contribution < 1.29 is 5.11 Å². The van der Waals surface area contributed by atoms with E-state index in [1.807, 2.05) is 0 Å². The molecule has 1 atom stereocenters. The lowest BCUT2D eigenvalue weighted by Crippen LogP contribution is -2.26. The molecule has 8 heavy (non-hydrogen) atoms. The van der Waals surface area contributed by atoms with Gasteiger partial charge in [-0.25, -0.2) is 0 Å². The molecule has 48 valence electrons. The van der Waals surface area contributed by atoms with E-state index in [9.17, 15) is 0 Å². The molecule has 1 rings (SSSR count). The molecule has 2 nitrogen and oxygen atoms in total. The zero-order chi connectivity index (χ0) is 6.20. The van der Waals surface area contributed by atoms with Crippen LogP contribution in [0.25, 0.3) is 0 Å². The summed E-state index contributed by atoms with van der Waals surface area (Å²) in [5.74, 6) is 0. The van der Waals surface area contributed by atoms with Crippen LogP contribution in [0.1, 0.15) is 26.2 Å². The predicted octanol–water partition coefficient (Wildman–Crippen LogP) is 0.249. The van der Waals surface area contributed by atoms with Crippen molar-refractivity contribution in [2.24, 2.45) is 5.73 Å². The van der Waals surface area contributed by atoms with Crippen LogP contribution in [0.4, 0.5) is 0 Å². The fourth-order valence-electron chi connectivity index (χ4n) is 0.953. The summed E-state index contributed by atoms with van der Waals surface area (Å²) in [5, 5.41) is 8.85. The molecule has 0 radical (unpaired) electrons. The summed E-state index contributed by atoms with van der Waals surface area (Å²) < 4.78 is 0. The van der Waals surface area contributed by atoms with Crippen molar-refractivity contribution >= 4 is 0 Å². The molecule has 0 aliphatic heterocycles. The van der Waals surface area contributed by atoms with Crippen molar-refractivity contribution in [2.45, 2.75) is 37.8 Å². The molecule has 0 aromatic rings. The van der Waals surface area contributed by atoms with Crippen LogP contribution in [0.3, 0.4) is 0 Å². The molecule has 0 saturated heterocycles.